The molecule has 0 fully saturated rings. The lowest BCUT2D eigenvalue weighted by atomic mass is 10.0. The van der Waals surface area contributed by atoms with Gasteiger partial charge in [-0.25, -0.2) is 0 Å². The van der Waals surface area contributed by atoms with Crippen molar-refractivity contribution in [2.24, 2.45) is 0 Å². The van der Waals surface area contributed by atoms with E-state index < -0.39 is 0 Å². The molecule has 0 aromatic carbocycles. The lowest BCUT2D eigenvalue weighted by molar-refractivity contribution is 0.274. The van der Waals surface area contributed by atoms with Crippen LogP contribution in [0.2, 0.25) is 0 Å². The molecule has 2 heterocycles. The van der Waals surface area contributed by atoms with Crippen LogP contribution in [0.1, 0.15) is 36.6 Å². The number of aliphatic hydroxyl groups excluding tert-OH is 1. The third-order valence-corrected chi connectivity index (χ3v) is 3.64. The van der Waals surface area contributed by atoms with Gasteiger partial charge in [-0.05, 0) is 25.1 Å². The predicted octanol–water partition coefficient (Wildman–Crippen LogP) is 1.13. The van der Waals surface area contributed by atoms with E-state index in [1.165, 1.54) is 11.3 Å². The highest BCUT2D eigenvalue weighted by atomic mass is 16.3. The van der Waals surface area contributed by atoms with Crippen molar-refractivity contribution in [1.82, 2.24) is 9.47 Å². The lowest BCUT2D eigenvalue weighted by Crippen LogP contribution is -2.35. The first-order valence-corrected chi connectivity index (χ1v) is 6.71. The summed E-state index contributed by atoms with van der Waals surface area (Å²) in [7, 11) is 2.09. The summed E-state index contributed by atoms with van der Waals surface area (Å²) >= 11 is 0. The molecule has 0 amide bonds. The van der Waals surface area contributed by atoms with Crippen LogP contribution in [-0.4, -0.2) is 28.2 Å². The van der Waals surface area contributed by atoms with Crippen LogP contribution in [0.25, 0.3) is 0 Å². The number of aromatic nitrogens is 1. The van der Waals surface area contributed by atoms with Crippen LogP contribution >= 0.6 is 0 Å². The van der Waals surface area contributed by atoms with Gasteiger partial charge in [0.1, 0.15) is 0 Å². The molecule has 0 saturated heterocycles. The standard InChI is InChI=1S/C14H22N2O2/c1-3-4-6-16-13-5-7-15(2)9-11(13)8-12(10-17)14(16)18/h8,17H,3-7,9-10H2,1-2H3. The second kappa shape index (κ2) is 5.67. The minimum absolute atomic E-state index is 0.00532. The van der Waals surface area contributed by atoms with Crippen LogP contribution in [0.5, 0.6) is 0 Å². The molecule has 0 bridgehead atoms. The zero-order valence-corrected chi connectivity index (χ0v) is 11.3. The molecule has 0 radical (unpaired) electrons. The summed E-state index contributed by atoms with van der Waals surface area (Å²) in [4.78, 5) is 14.5. The van der Waals surface area contributed by atoms with Gasteiger partial charge >= 0.3 is 0 Å². The summed E-state index contributed by atoms with van der Waals surface area (Å²) < 4.78 is 1.89. The molecule has 1 aliphatic rings. The number of aliphatic hydroxyl groups is 1. The zero-order chi connectivity index (χ0) is 13.1. The number of nitrogens with zero attached hydrogens (tertiary/aromatic N) is 2. The molecule has 0 spiro atoms. The molecule has 18 heavy (non-hydrogen) atoms. The van der Waals surface area contributed by atoms with Gasteiger partial charge in [-0.1, -0.05) is 13.3 Å². The summed E-state index contributed by atoms with van der Waals surface area (Å²) in [6, 6.07) is 1.88. The molecule has 1 aromatic rings. The van der Waals surface area contributed by atoms with E-state index in [-0.39, 0.29) is 12.2 Å². The number of likely N-dealkylation sites (N-methyl/N-ethyl adjacent to an activating group) is 1. The predicted molar refractivity (Wildman–Crippen MR) is 71.6 cm³/mol. The van der Waals surface area contributed by atoms with Crippen molar-refractivity contribution in [1.29, 1.82) is 0 Å². The van der Waals surface area contributed by atoms with Crippen molar-refractivity contribution in [3.05, 3.63) is 33.2 Å². The number of hydrogen-bond donors (Lipinski definition) is 1. The van der Waals surface area contributed by atoms with Crippen LogP contribution in [0.3, 0.4) is 0 Å². The average molecular weight is 250 g/mol. The largest absolute Gasteiger partial charge is 0.391 e. The van der Waals surface area contributed by atoms with Crippen molar-refractivity contribution in [3.63, 3.8) is 0 Å². The van der Waals surface area contributed by atoms with Crippen molar-refractivity contribution in [3.8, 4) is 0 Å². The molecule has 0 unspecified atom stereocenters. The molecule has 1 aliphatic heterocycles. The summed E-state index contributed by atoms with van der Waals surface area (Å²) in [5.41, 5.74) is 2.89. The number of hydrogen-bond acceptors (Lipinski definition) is 3. The van der Waals surface area contributed by atoms with Gasteiger partial charge in [-0.3, -0.25) is 4.79 Å². The van der Waals surface area contributed by atoms with Crippen LogP contribution < -0.4 is 5.56 Å². The Morgan fingerprint density at radius 3 is 2.89 bits per heavy atom. The molecular weight excluding hydrogens is 228 g/mol. The van der Waals surface area contributed by atoms with Crippen molar-refractivity contribution < 1.29 is 5.11 Å². The van der Waals surface area contributed by atoms with Gasteiger partial charge in [0, 0.05) is 37.3 Å². The van der Waals surface area contributed by atoms with Crippen LogP contribution in [0.4, 0.5) is 0 Å². The highest BCUT2D eigenvalue weighted by Gasteiger charge is 2.19. The van der Waals surface area contributed by atoms with E-state index in [2.05, 4.69) is 18.9 Å². The van der Waals surface area contributed by atoms with Gasteiger partial charge in [0.05, 0.1) is 6.61 Å². The molecule has 100 valence electrons. The Bertz CT molecular complexity index is 479. The van der Waals surface area contributed by atoms with Crippen molar-refractivity contribution in [2.75, 3.05) is 13.6 Å². The smallest absolute Gasteiger partial charge is 0.256 e. The van der Waals surface area contributed by atoms with E-state index in [9.17, 15) is 9.90 Å². The highest BCUT2D eigenvalue weighted by Crippen LogP contribution is 2.18. The first-order chi connectivity index (χ1) is 8.67. The van der Waals surface area contributed by atoms with Crippen molar-refractivity contribution >= 4 is 0 Å². The fourth-order valence-electron chi connectivity index (χ4n) is 2.59. The van der Waals surface area contributed by atoms with E-state index in [4.69, 9.17) is 0 Å². The lowest BCUT2D eigenvalue weighted by Gasteiger charge is -2.28. The fraction of sp³-hybridized carbons (Fsp3) is 0.643. The van der Waals surface area contributed by atoms with Crippen LogP contribution in [-0.2, 0) is 26.1 Å². The number of pyridine rings is 1. The molecule has 0 aliphatic carbocycles. The van der Waals surface area contributed by atoms with Crippen molar-refractivity contribution in [2.45, 2.75) is 45.9 Å². The summed E-state index contributed by atoms with van der Waals surface area (Å²) in [5.74, 6) is 0. The maximum absolute atomic E-state index is 12.2. The molecule has 4 nitrogen and oxygen atoms in total. The van der Waals surface area contributed by atoms with Gasteiger partial charge in [-0.2, -0.15) is 0 Å². The maximum Gasteiger partial charge on any atom is 0.256 e. The van der Waals surface area contributed by atoms with E-state index >= 15 is 0 Å². The summed E-state index contributed by atoms with van der Waals surface area (Å²) in [6.45, 7) is 4.60. The quantitative estimate of drug-likeness (QED) is 0.871. The van der Waals surface area contributed by atoms with Gasteiger partial charge in [0.2, 0.25) is 0 Å². The minimum atomic E-state index is -0.165. The first-order valence-electron chi connectivity index (χ1n) is 6.71. The number of fused-ring (bicyclic) bond motifs is 1. The van der Waals surface area contributed by atoms with E-state index in [1.54, 1.807) is 0 Å². The number of rotatable bonds is 4. The molecule has 4 heteroatoms. The monoisotopic (exact) mass is 250 g/mol. The summed E-state index contributed by atoms with van der Waals surface area (Å²) in [6.07, 6.45) is 3.01. The molecule has 0 saturated carbocycles. The molecule has 0 atom stereocenters. The Hall–Kier alpha value is -1.13. The van der Waals surface area contributed by atoms with Crippen LogP contribution in [0, 0.1) is 0 Å². The van der Waals surface area contributed by atoms with E-state index in [0.717, 1.165) is 38.9 Å². The number of unbranched alkanes of at least 4 members (excludes halogenated alkanes) is 1. The zero-order valence-electron chi connectivity index (χ0n) is 11.3. The minimum Gasteiger partial charge on any atom is -0.391 e. The maximum atomic E-state index is 12.2. The molecule has 1 aromatic heterocycles. The Kier molecular flexibility index (Phi) is 4.19. The molecular formula is C14H22N2O2. The third-order valence-electron chi connectivity index (χ3n) is 3.64. The summed E-state index contributed by atoms with van der Waals surface area (Å²) in [5, 5.41) is 9.31. The fourth-order valence-corrected chi connectivity index (χ4v) is 2.59. The topological polar surface area (TPSA) is 45.5 Å². The SMILES string of the molecule is CCCCn1c2c(cc(CO)c1=O)CN(C)CC2. The Balaban J connectivity index is 2.47. The molecule has 2 rings (SSSR count). The Morgan fingerprint density at radius 2 is 2.22 bits per heavy atom. The van der Waals surface area contributed by atoms with Gasteiger partial charge in [0.15, 0.2) is 0 Å². The highest BCUT2D eigenvalue weighted by molar-refractivity contribution is 5.28. The van der Waals surface area contributed by atoms with E-state index in [0.29, 0.717) is 5.56 Å². The Morgan fingerprint density at radius 1 is 1.44 bits per heavy atom. The third kappa shape index (κ3) is 2.49. The second-order valence-corrected chi connectivity index (χ2v) is 5.10. The van der Waals surface area contributed by atoms with Crippen LogP contribution in [0.15, 0.2) is 10.9 Å². The molecule has 1 N–H and O–H groups in total. The van der Waals surface area contributed by atoms with Gasteiger partial charge in [-0.15, -0.1) is 0 Å². The van der Waals surface area contributed by atoms with Gasteiger partial charge < -0.3 is 14.6 Å². The average Bonchev–Trinajstić information content (AvgIpc) is 2.37. The van der Waals surface area contributed by atoms with Gasteiger partial charge in [0.25, 0.3) is 5.56 Å². The second-order valence-electron chi connectivity index (χ2n) is 5.10. The first kappa shape index (κ1) is 13.3. The Labute approximate surface area is 108 Å². The van der Waals surface area contributed by atoms with E-state index in [1.807, 2.05) is 10.6 Å². The normalized spacial score (nSPS) is 15.7.